The molecule has 3 nitrogen and oxygen atoms in total. The molecule has 0 atom stereocenters. The predicted molar refractivity (Wildman–Crippen MR) is 109 cm³/mol. The topological polar surface area (TPSA) is 27.7 Å². The van der Waals surface area contributed by atoms with Crippen molar-refractivity contribution < 1.29 is 27.4 Å². The van der Waals surface area contributed by atoms with Gasteiger partial charge in [-0.05, 0) is 36.6 Å². The van der Waals surface area contributed by atoms with Crippen LogP contribution in [-0.4, -0.2) is 19.6 Å². The number of ether oxygens (including phenoxy) is 3. The van der Waals surface area contributed by atoms with Crippen LogP contribution in [0.2, 0.25) is 10.0 Å². The summed E-state index contributed by atoms with van der Waals surface area (Å²) in [5.41, 5.74) is 0.843. The number of aryl methyl sites for hydroxylation is 1. The molecule has 2 aromatic carbocycles. The second-order valence-electron chi connectivity index (χ2n) is 5.66. The Balaban J connectivity index is 1.83. The van der Waals surface area contributed by atoms with Crippen LogP contribution in [0.5, 0.6) is 17.2 Å². The van der Waals surface area contributed by atoms with Crippen LogP contribution in [0.15, 0.2) is 47.0 Å². The van der Waals surface area contributed by atoms with Crippen LogP contribution in [0.1, 0.15) is 12.0 Å². The lowest BCUT2D eigenvalue weighted by Crippen LogP contribution is -2.17. The van der Waals surface area contributed by atoms with E-state index in [9.17, 15) is 13.2 Å². The quantitative estimate of drug-likeness (QED) is 0.339. The molecule has 158 valence electrons. The van der Waals surface area contributed by atoms with Crippen molar-refractivity contribution in [2.45, 2.75) is 19.2 Å². The molecule has 0 aliphatic rings. The molecule has 29 heavy (non-hydrogen) atoms. The Bertz CT molecular complexity index is 813. The Morgan fingerprint density at radius 2 is 1.55 bits per heavy atom. The van der Waals surface area contributed by atoms with Crippen LogP contribution >= 0.6 is 46.4 Å². The number of rotatable bonds is 9. The lowest BCUT2D eigenvalue weighted by molar-refractivity contribution is -0.274. The maximum atomic E-state index is 12.2. The third-order valence-corrected chi connectivity index (χ3v) is 4.34. The van der Waals surface area contributed by atoms with Crippen LogP contribution in [0.25, 0.3) is 0 Å². The fraction of sp³-hybridized carbons (Fsp3) is 0.263. The number of alkyl halides is 3. The van der Waals surface area contributed by atoms with E-state index in [0.717, 1.165) is 5.56 Å². The van der Waals surface area contributed by atoms with E-state index in [1.165, 1.54) is 18.2 Å². The average molecular weight is 490 g/mol. The van der Waals surface area contributed by atoms with E-state index in [0.29, 0.717) is 30.9 Å². The van der Waals surface area contributed by atoms with Crippen LogP contribution in [-0.2, 0) is 6.42 Å². The summed E-state index contributed by atoms with van der Waals surface area (Å²) in [5, 5.41) is 0.559. The fourth-order valence-corrected chi connectivity index (χ4v) is 2.97. The minimum atomic E-state index is -4.71. The van der Waals surface area contributed by atoms with Crippen LogP contribution < -0.4 is 14.2 Å². The molecule has 0 aliphatic carbocycles. The van der Waals surface area contributed by atoms with Crippen molar-refractivity contribution in [3.63, 3.8) is 0 Å². The molecule has 0 saturated carbocycles. The maximum Gasteiger partial charge on any atom is 0.573 e. The molecule has 0 bridgehead atoms. The van der Waals surface area contributed by atoms with Gasteiger partial charge in [0.2, 0.25) is 0 Å². The third-order valence-electron chi connectivity index (χ3n) is 3.47. The summed E-state index contributed by atoms with van der Waals surface area (Å²) in [4.78, 5) is 0. The molecule has 0 N–H and O–H groups in total. The van der Waals surface area contributed by atoms with Crippen molar-refractivity contribution in [1.82, 2.24) is 0 Å². The van der Waals surface area contributed by atoms with E-state index in [4.69, 9.17) is 55.9 Å². The molecule has 0 unspecified atom stereocenters. The second-order valence-corrected chi connectivity index (χ2v) is 7.49. The molecule has 0 radical (unpaired) electrons. The van der Waals surface area contributed by atoms with Gasteiger partial charge in [0.05, 0.1) is 16.7 Å². The highest BCUT2D eigenvalue weighted by atomic mass is 35.5. The van der Waals surface area contributed by atoms with Crippen LogP contribution in [0.4, 0.5) is 13.2 Å². The third kappa shape index (κ3) is 8.83. The molecule has 0 saturated heterocycles. The second kappa shape index (κ2) is 11.1. The summed E-state index contributed by atoms with van der Waals surface area (Å²) >= 11 is 23.4. The Kier molecular flexibility index (Phi) is 9.08. The minimum Gasteiger partial charge on any atom is -0.490 e. The molecular weight excluding hydrogens is 475 g/mol. The maximum absolute atomic E-state index is 12.2. The van der Waals surface area contributed by atoms with E-state index in [-0.39, 0.29) is 26.9 Å². The molecule has 10 heteroatoms. The monoisotopic (exact) mass is 488 g/mol. The molecule has 2 rings (SSSR count). The van der Waals surface area contributed by atoms with Crippen LogP contribution in [0, 0.1) is 0 Å². The Morgan fingerprint density at radius 3 is 2.10 bits per heavy atom. The van der Waals surface area contributed by atoms with Gasteiger partial charge in [0.1, 0.15) is 22.6 Å². The van der Waals surface area contributed by atoms with Crippen LogP contribution in [0.3, 0.4) is 0 Å². The van der Waals surface area contributed by atoms with E-state index in [1.54, 1.807) is 24.3 Å². The Morgan fingerprint density at radius 1 is 0.931 bits per heavy atom. The number of hydrogen-bond donors (Lipinski definition) is 0. The van der Waals surface area contributed by atoms with Gasteiger partial charge >= 0.3 is 6.36 Å². The first-order valence-corrected chi connectivity index (χ1v) is 9.76. The van der Waals surface area contributed by atoms with Crippen molar-refractivity contribution in [2.75, 3.05) is 13.2 Å². The van der Waals surface area contributed by atoms with Gasteiger partial charge < -0.3 is 14.2 Å². The molecular formula is C19H15Cl4F3O3. The lowest BCUT2D eigenvalue weighted by atomic mass is 10.1. The van der Waals surface area contributed by atoms with Gasteiger partial charge in [-0.3, -0.25) is 0 Å². The van der Waals surface area contributed by atoms with E-state index in [1.807, 2.05) is 0 Å². The first-order chi connectivity index (χ1) is 13.6. The highest BCUT2D eigenvalue weighted by Gasteiger charge is 2.30. The minimum absolute atomic E-state index is 0.0877. The highest BCUT2D eigenvalue weighted by Crippen LogP contribution is 2.37. The van der Waals surface area contributed by atoms with E-state index in [2.05, 4.69) is 4.74 Å². The standard InChI is InChI=1S/C19H15Cl4F3O3/c20-15-10-14(27-9-7-17(22)23)11-16(21)18(15)28-8-1-2-12-3-5-13(6-4-12)29-19(24,25)26/h3-7,10-11H,1-2,8-9H2. The average Bonchev–Trinajstić information content (AvgIpc) is 2.60. The molecule has 0 aliphatic heterocycles. The predicted octanol–water partition coefficient (Wildman–Crippen LogP) is 7.60. The summed E-state index contributed by atoms with van der Waals surface area (Å²) in [6, 6.07) is 8.77. The summed E-state index contributed by atoms with van der Waals surface area (Å²) in [7, 11) is 0. The zero-order valence-corrected chi connectivity index (χ0v) is 17.8. The lowest BCUT2D eigenvalue weighted by Gasteiger charge is -2.12. The fourth-order valence-electron chi connectivity index (χ4n) is 2.27. The van der Waals surface area contributed by atoms with Gasteiger partial charge in [-0.25, -0.2) is 0 Å². The van der Waals surface area contributed by atoms with E-state index < -0.39 is 6.36 Å². The van der Waals surface area contributed by atoms with Crippen molar-refractivity contribution in [3.8, 4) is 17.2 Å². The summed E-state index contributed by atoms with van der Waals surface area (Å²) < 4.78 is 51.4. The molecule has 0 fully saturated rings. The smallest absolute Gasteiger partial charge is 0.490 e. The Labute approximate surface area is 185 Å². The van der Waals surface area contributed by atoms with E-state index >= 15 is 0 Å². The molecule has 2 aromatic rings. The normalized spacial score (nSPS) is 11.1. The zero-order chi connectivity index (χ0) is 21.4. The molecule has 0 amide bonds. The summed E-state index contributed by atoms with van der Waals surface area (Å²) in [5.74, 6) is 0.488. The van der Waals surface area contributed by atoms with Gasteiger partial charge in [0.25, 0.3) is 0 Å². The Hall–Kier alpha value is -1.47. The van der Waals surface area contributed by atoms with Crippen molar-refractivity contribution in [1.29, 1.82) is 0 Å². The van der Waals surface area contributed by atoms with Gasteiger partial charge in [0, 0.05) is 12.1 Å². The summed E-state index contributed by atoms with van der Waals surface area (Å²) in [6.45, 7) is 0.465. The number of benzene rings is 2. The molecule has 0 heterocycles. The summed E-state index contributed by atoms with van der Waals surface area (Å²) in [6.07, 6.45) is -2.04. The first kappa shape index (κ1) is 23.8. The van der Waals surface area contributed by atoms with Crippen molar-refractivity contribution in [2.24, 2.45) is 0 Å². The van der Waals surface area contributed by atoms with Gasteiger partial charge in [-0.15, -0.1) is 13.2 Å². The van der Waals surface area contributed by atoms with Gasteiger partial charge in [-0.2, -0.15) is 0 Å². The molecule has 0 spiro atoms. The SMILES string of the molecule is FC(F)(F)Oc1ccc(CCCOc2c(Cl)cc(OCC=C(Cl)Cl)cc2Cl)cc1. The zero-order valence-electron chi connectivity index (χ0n) is 14.7. The first-order valence-electron chi connectivity index (χ1n) is 8.24. The molecule has 0 aromatic heterocycles. The number of halogens is 7. The van der Waals surface area contributed by atoms with Crippen molar-refractivity contribution in [3.05, 3.63) is 62.6 Å². The number of hydrogen-bond acceptors (Lipinski definition) is 3. The van der Waals surface area contributed by atoms with Gasteiger partial charge in [0.15, 0.2) is 5.75 Å². The highest BCUT2D eigenvalue weighted by molar-refractivity contribution is 6.55. The van der Waals surface area contributed by atoms with Gasteiger partial charge in [-0.1, -0.05) is 58.5 Å². The largest absolute Gasteiger partial charge is 0.573 e. The van der Waals surface area contributed by atoms with Crippen molar-refractivity contribution >= 4 is 46.4 Å².